The van der Waals surface area contributed by atoms with Crippen molar-refractivity contribution >= 4 is 5.91 Å². The number of nitrogens with zero attached hydrogens (tertiary/aromatic N) is 5. The van der Waals surface area contributed by atoms with E-state index in [-0.39, 0.29) is 5.92 Å². The summed E-state index contributed by atoms with van der Waals surface area (Å²) >= 11 is 0. The van der Waals surface area contributed by atoms with E-state index in [0.717, 1.165) is 65.3 Å². The first kappa shape index (κ1) is 20.8. The van der Waals surface area contributed by atoms with Gasteiger partial charge in [0.1, 0.15) is 0 Å². The third kappa shape index (κ3) is 5.36. The van der Waals surface area contributed by atoms with Crippen LogP contribution in [0.4, 0.5) is 0 Å². The van der Waals surface area contributed by atoms with Crippen LogP contribution in [-0.2, 0) is 11.3 Å². The van der Waals surface area contributed by atoms with Gasteiger partial charge in [-0.25, -0.2) is 0 Å². The van der Waals surface area contributed by atoms with E-state index >= 15 is 0 Å². The number of pyridine rings is 1. The fraction of sp³-hybridized carbons (Fsp3) is 0.739. The first-order valence-corrected chi connectivity index (χ1v) is 11.6. The lowest BCUT2D eigenvalue weighted by atomic mass is 9.92. The highest BCUT2D eigenvalue weighted by atomic mass is 16.2. The molecule has 3 fully saturated rings. The molecule has 3 aliphatic rings. The molecule has 4 rings (SSSR count). The standard InChI is InChI=1S/C23H37N5O/c1-2-25-13-15-27(16-14-25)23(29)21-6-4-10-28(19-21)22-7-11-26(12-8-22)18-20-5-3-9-24-17-20/h3,5,9,17,21-22H,2,4,6-8,10-16,18-19H2,1H3. The molecule has 29 heavy (non-hydrogen) atoms. The minimum absolute atomic E-state index is 0.213. The minimum Gasteiger partial charge on any atom is -0.340 e. The molecular formula is C23H37N5O. The summed E-state index contributed by atoms with van der Waals surface area (Å²) in [6.45, 7) is 12.6. The highest BCUT2D eigenvalue weighted by Crippen LogP contribution is 2.26. The smallest absolute Gasteiger partial charge is 0.227 e. The Kier molecular flexibility index (Phi) is 7.16. The molecule has 0 spiro atoms. The van der Waals surface area contributed by atoms with E-state index in [1.165, 1.54) is 31.4 Å². The largest absolute Gasteiger partial charge is 0.340 e. The molecule has 1 atom stereocenters. The van der Waals surface area contributed by atoms with Crippen molar-refractivity contribution in [1.82, 2.24) is 24.6 Å². The molecule has 0 N–H and O–H groups in total. The summed E-state index contributed by atoms with van der Waals surface area (Å²) in [7, 11) is 0. The van der Waals surface area contributed by atoms with Gasteiger partial charge in [0.15, 0.2) is 0 Å². The number of carbonyl (C=O) groups is 1. The molecule has 160 valence electrons. The zero-order chi connectivity index (χ0) is 20.1. The van der Waals surface area contributed by atoms with E-state index in [4.69, 9.17) is 0 Å². The van der Waals surface area contributed by atoms with E-state index in [1.807, 2.05) is 18.5 Å². The summed E-state index contributed by atoms with van der Waals surface area (Å²) in [4.78, 5) is 27.1. The van der Waals surface area contributed by atoms with Crippen LogP contribution in [-0.4, -0.2) is 95.4 Å². The Morgan fingerprint density at radius 3 is 2.52 bits per heavy atom. The maximum atomic E-state index is 13.1. The first-order valence-electron chi connectivity index (χ1n) is 11.6. The maximum absolute atomic E-state index is 13.1. The Bertz CT molecular complexity index is 638. The lowest BCUT2D eigenvalue weighted by Gasteiger charge is -2.43. The van der Waals surface area contributed by atoms with Crippen LogP contribution in [0.15, 0.2) is 24.5 Å². The van der Waals surface area contributed by atoms with Crippen LogP contribution in [0, 0.1) is 5.92 Å². The molecule has 0 radical (unpaired) electrons. The van der Waals surface area contributed by atoms with Gasteiger partial charge in [0.05, 0.1) is 5.92 Å². The zero-order valence-electron chi connectivity index (χ0n) is 18.0. The van der Waals surface area contributed by atoms with Gasteiger partial charge in [-0.3, -0.25) is 19.6 Å². The van der Waals surface area contributed by atoms with Crippen molar-refractivity contribution < 1.29 is 4.79 Å². The third-order valence-electron chi connectivity index (χ3n) is 7.14. The van der Waals surface area contributed by atoms with Crippen molar-refractivity contribution in [3.63, 3.8) is 0 Å². The second-order valence-corrected chi connectivity index (χ2v) is 8.96. The highest BCUT2D eigenvalue weighted by Gasteiger charge is 2.34. The van der Waals surface area contributed by atoms with E-state index in [1.54, 1.807) is 0 Å². The lowest BCUT2D eigenvalue weighted by molar-refractivity contribution is -0.139. The van der Waals surface area contributed by atoms with Crippen LogP contribution in [0.5, 0.6) is 0 Å². The molecule has 4 heterocycles. The molecule has 0 bridgehead atoms. The number of likely N-dealkylation sites (tertiary alicyclic amines) is 2. The Labute approximate surface area is 175 Å². The van der Waals surface area contributed by atoms with Crippen LogP contribution in [0.1, 0.15) is 38.2 Å². The summed E-state index contributed by atoms with van der Waals surface area (Å²) in [6, 6.07) is 4.84. The van der Waals surface area contributed by atoms with Crippen molar-refractivity contribution in [3.8, 4) is 0 Å². The molecule has 1 aromatic rings. The van der Waals surface area contributed by atoms with Gasteiger partial charge in [-0.2, -0.15) is 0 Å². The van der Waals surface area contributed by atoms with Gasteiger partial charge in [0.2, 0.25) is 5.91 Å². The number of hydrogen-bond donors (Lipinski definition) is 0. The van der Waals surface area contributed by atoms with E-state index in [2.05, 4.69) is 37.6 Å². The number of piperazine rings is 1. The van der Waals surface area contributed by atoms with Gasteiger partial charge in [-0.15, -0.1) is 0 Å². The predicted octanol–water partition coefficient (Wildman–Crippen LogP) is 1.92. The molecule has 3 saturated heterocycles. The van der Waals surface area contributed by atoms with E-state index in [9.17, 15) is 4.79 Å². The number of rotatable bonds is 5. The monoisotopic (exact) mass is 399 g/mol. The SMILES string of the molecule is CCN1CCN(C(=O)C2CCCN(C3CCN(Cc4cccnc4)CC3)C2)CC1. The van der Waals surface area contributed by atoms with Crippen LogP contribution >= 0.6 is 0 Å². The number of piperidine rings is 2. The van der Waals surface area contributed by atoms with Crippen molar-refractivity contribution in [3.05, 3.63) is 30.1 Å². The maximum Gasteiger partial charge on any atom is 0.227 e. The normalized spacial score (nSPS) is 26.0. The van der Waals surface area contributed by atoms with Crippen molar-refractivity contribution in [1.29, 1.82) is 0 Å². The van der Waals surface area contributed by atoms with E-state index in [0.29, 0.717) is 11.9 Å². The molecule has 6 heteroatoms. The van der Waals surface area contributed by atoms with E-state index < -0.39 is 0 Å². The number of amides is 1. The fourth-order valence-electron chi connectivity index (χ4n) is 5.27. The molecule has 1 amide bonds. The van der Waals surface area contributed by atoms with Gasteiger partial charge in [-0.1, -0.05) is 13.0 Å². The zero-order valence-corrected chi connectivity index (χ0v) is 18.0. The third-order valence-corrected chi connectivity index (χ3v) is 7.14. The predicted molar refractivity (Wildman–Crippen MR) is 116 cm³/mol. The molecule has 1 aromatic heterocycles. The molecule has 6 nitrogen and oxygen atoms in total. The molecule has 0 aromatic carbocycles. The Morgan fingerprint density at radius 1 is 1.03 bits per heavy atom. The number of likely N-dealkylation sites (N-methyl/N-ethyl adjacent to an activating group) is 1. The number of hydrogen-bond acceptors (Lipinski definition) is 5. The topological polar surface area (TPSA) is 42.9 Å². The Morgan fingerprint density at radius 2 is 1.83 bits per heavy atom. The van der Waals surface area contributed by atoms with Crippen LogP contribution < -0.4 is 0 Å². The van der Waals surface area contributed by atoms with Crippen molar-refractivity contribution in [2.24, 2.45) is 5.92 Å². The minimum atomic E-state index is 0.213. The van der Waals surface area contributed by atoms with Gasteiger partial charge in [-0.05, 0) is 63.5 Å². The molecule has 0 saturated carbocycles. The summed E-state index contributed by atoms with van der Waals surface area (Å²) in [5.74, 6) is 0.629. The average molecular weight is 400 g/mol. The second kappa shape index (κ2) is 10.0. The Balaban J connectivity index is 1.24. The van der Waals surface area contributed by atoms with Gasteiger partial charge in [0, 0.05) is 57.7 Å². The van der Waals surface area contributed by atoms with Crippen LogP contribution in [0.2, 0.25) is 0 Å². The second-order valence-electron chi connectivity index (χ2n) is 8.96. The summed E-state index contributed by atoms with van der Waals surface area (Å²) in [5.41, 5.74) is 1.30. The Hall–Kier alpha value is -1.50. The highest BCUT2D eigenvalue weighted by molar-refractivity contribution is 5.79. The van der Waals surface area contributed by atoms with Crippen molar-refractivity contribution in [2.75, 3.05) is 58.9 Å². The average Bonchev–Trinajstić information content (AvgIpc) is 2.80. The van der Waals surface area contributed by atoms with Crippen molar-refractivity contribution in [2.45, 2.75) is 45.2 Å². The molecule has 0 aliphatic carbocycles. The lowest BCUT2D eigenvalue weighted by Crippen LogP contribution is -2.54. The number of carbonyl (C=O) groups excluding carboxylic acids is 1. The van der Waals surface area contributed by atoms with Gasteiger partial charge < -0.3 is 9.80 Å². The molecular weight excluding hydrogens is 362 g/mol. The van der Waals surface area contributed by atoms with Crippen LogP contribution in [0.3, 0.4) is 0 Å². The summed E-state index contributed by atoms with van der Waals surface area (Å²) in [6.07, 6.45) is 8.50. The quantitative estimate of drug-likeness (QED) is 0.757. The molecule has 1 unspecified atom stereocenters. The summed E-state index contributed by atoms with van der Waals surface area (Å²) < 4.78 is 0. The fourth-order valence-corrected chi connectivity index (χ4v) is 5.27. The van der Waals surface area contributed by atoms with Gasteiger partial charge >= 0.3 is 0 Å². The summed E-state index contributed by atoms with van der Waals surface area (Å²) in [5, 5.41) is 0. The van der Waals surface area contributed by atoms with Gasteiger partial charge in [0.25, 0.3) is 0 Å². The first-order chi connectivity index (χ1) is 14.2. The number of aromatic nitrogens is 1. The molecule has 3 aliphatic heterocycles. The van der Waals surface area contributed by atoms with Crippen LogP contribution in [0.25, 0.3) is 0 Å².